The van der Waals surface area contributed by atoms with Gasteiger partial charge in [0.05, 0.1) is 55.8 Å². The Morgan fingerprint density at radius 3 is 2.33 bits per heavy atom. The first-order valence-corrected chi connectivity index (χ1v) is 18.5. The lowest BCUT2D eigenvalue weighted by Gasteiger charge is -2.48. The van der Waals surface area contributed by atoms with Crippen LogP contribution in [0.4, 0.5) is 0 Å². The minimum atomic E-state index is -2.07. The fourth-order valence-electron chi connectivity index (χ4n) is 8.79. The first kappa shape index (κ1) is 40.3. The topological polar surface area (TPSA) is 267 Å². The van der Waals surface area contributed by atoms with Gasteiger partial charge >= 0.3 is 5.97 Å². The minimum Gasteiger partial charge on any atom is -0.459 e. The molecule has 52 heavy (non-hydrogen) atoms. The number of fused-ring (bicyclic) bond motifs is 1. The Bertz CT molecular complexity index is 1210. The molecule has 3 aliphatic carbocycles. The zero-order valence-electron chi connectivity index (χ0n) is 29.4. The number of allylic oxidation sites excluding steroid dienone is 1. The summed E-state index contributed by atoms with van der Waals surface area (Å²) in [5.41, 5.74) is -2.07. The van der Waals surface area contributed by atoms with E-state index in [2.05, 4.69) is 0 Å². The Labute approximate surface area is 302 Å². The fourth-order valence-corrected chi connectivity index (χ4v) is 8.79. The lowest BCUT2D eigenvalue weighted by atomic mass is 9.72. The second-order valence-corrected chi connectivity index (χ2v) is 15.7. The van der Waals surface area contributed by atoms with Crippen LogP contribution in [-0.2, 0) is 33.2 Å². The molecule has 0 aromatic heterocycles. The van der Waals surface area contributed by atoms with Crippen molar-refractivity contribution >= 4 is 5.97 Å². The Morgan fingerprint density at radius 2 is 1.58 bits per heavy atom. The van der Waals surface area contributed by atoms with Crippen molar-refractivity contribution in [1.82, 2.24) is 0 Å². The molecule has 10 N–H and O–H groups in total. The zero-order valence-corrected chi connectivity index (χ0v) is 29.4. The molecule has 6 fully saturated rings. The fraction of sp³-hybridized carbons (Fsp3) is 0.914. The van der Waals surface area contributed by atoms with Crippen molar-refractivity contribution in [3.63, 3.8) is 0 Å². The third-order valence-electron chi connectivity index (χ3n) is 12.0. The SMILES string of the molecule is COC1CC(C=CC(=O)OCC2(O)COC(OC3C(OC4CC5C(O)CC(O)CC5[OH+]C4C4CCC(O)C(O)C4)OCC(O)C3O)C2O)CCC1O. The number of hydrogen-bond donors (Lipinski definition) is 9. The van der Waals surface area contributed by atoms with Crippen molar-refractivity contribution in [1.29, 1.82) is 0 Å². The van der Waals surface area contributed by atoms with Gasteiger partial charge in [-0.3, -0.25) is 0 Å². The maximum absolute atomic E-state index is 12.5. The Hall–Kier alpha value is -1.39. The van der Waals surface area contributed by atoms with E-state index in [4.69, 9.17) is 33.2 Å². The van der Waals surface area contributed by atoms with Crippen LogP contribution in [0.15, 0.2) is 12.2 Å². The lowest BCUT2D eigenvalue weighted by molar-refractivity contribution is -0.359. The summed E-state index contributed by atoms with van der Waals surface area (Å²) in [5, 5.41) is 95.7. The molecule has 17 heteroatoms. The van der Waals surface area contributed by atoms with Crippen molar-refractivity contribution in [2.75, 3.05) is 26.9 Å². The van der Waals surface area contributed by atoms with Crippen LogP contribution >= 0.6 is 0 Å². The third-order valence-corrected chi connectivity index (χ3v) is 12.0. The summed E-state index contributed by atoms with van der Waals surface area (Å²) in [6.07, 6.45) is -8.28. The number of hydrogen-bond acceptors (Lipinski definition) is 16. The summed E-state index contributed by atoms with van der Waals surface area (Å²) in [6.45, 7) is -1.44. The van der Waals surface area contributed by atoms with Gasteiger partial charge in [-0.2, -0.15) is 0 Å². The molecule has 0 spiro atoms. The largest absolute Gasteiger partial charge is 0.459 e. The summed E-state index contributed by atoms with van der Waals surface area (Å²) < 4.78 is 39.3. The number of ether oxygens (including phenoxy) is 7. The van der Waals surface area contributed by atoms with Gasteiger partial charge in [-0.1, -0.05) is 6.08 Å². The van der Waals surface area contributed by atoms with E-state index in [0.717, 1.165) is 0 Å². The minimum absolute atomic E-state index is 0.0152. The highest BCUT2D eigenvalue weighted by molar-refractivity contribution is 5.82. The predicted octanol–water partition coefficient (Wildman–Crippen LogP) is -3.12. The van der Waals surface area contributed by atoms with Gasteiger partial charge in [-0.15, -0.1) is 0 Å². The van der Waals surface area contributed by atoms with E-state index in [1.54, 1.807) is 6.08 Å². The number of aliphatic hydroxyl groups excluding tert-OH is 8. The van der Waals surface area contributed by atoms with Crippen LogP contribution in [0, 0.1) is 17.8 Å². The number of carbonyl (C=O) groups excluding carboxylic acids is 1. The van der Waals surface area contributed by atoms with Crippen LogP contribution < -0.4 is 0 Å². The average molecular weight is 750 g/mol. The van der Waals surface area contributed by atoms with E-state index in [1.807, 2.05) is 0 Å². The van der Waals surface area contributed by atoms with Crippen LogP contribution in [0.3, 0.4) is 0 Å². The first-order valence-electron chi connectivity index (χ1n) is 18.5. The van der Waals surface area contributed by atoms with Gasteiger partial charge in [0.2, 0.25) is 0 Å². The van der Waals surface area contributed by atoms with Crippen molar-refractivity contribution in [2.45, 2.75) is 155 Å². The van der Waals surface area contributed by atoms with E-state index in [0.29, 0.717) is 44.9 Å². The zero-order chi connectivity index (χ0) is 37.3. The summed E-state index contributed by atoms with van der Waals surface area (Å²) in [4.78, 5) is 12.5. The Morgan fingerprint density at radius 1 is 0.808 bits per heavy atom. The molecule has 3 saturated heterocycles. The monoisotopic (exact) mass is 749 g/mol. The molecule has 19 unspecified atom stereocenters. The molecule has 3 saturated carbocycles. The molecule has 17 nitrogen and oxygen atoms in total. The van der Waals surface area contributed by atoms with E-state index >= 15 is 0 Å². The molecular weight excluding hydrogens is 692 g/mol. The summed E-state index contributed by atoms with van der Waals surface area (Å²) in [6, 6.07) is 0. The number of aliphatic hydroxyl groups is 11. The molecule has 0 radical (unpaired) electrons. The van der Waals surface area contributed by atoms with Crippen molar-refractivity contribution in [2.24, 2.45) is 17.8 Å². The van der Waals surface area contributed by atoms with Gasteiger partial charge in [0, 0.05) is 31.9 Å². The molecule has 3 heterocycles. The van der Waals surface area contributed by atoms with Crippen molar-refractivity contribution in [3.8, 4) is 0 Å². The molecule has 19 atom stereocenters. The molecule has 0 aromatic rings. The number of methoxy groups -OCH3 is 1. The van der Waals surface area contributed by atoms with E-state index < -0.39 is 105 Å². The van der Waals surface area contributed by atoms with E-state index in [9.17, 15) is 50.8 Å². The standard InChI is InChI=1S/C35H56O17/c1-46-26-8-16(2-5-21(26)38)3-7-28(42)48-14-35(45)15-49-34(32(35)44)52-31-29(43)24(41)13-47-33(31)51-27-12-19-22(39)10-18(36)11-25(19)50-30(27)17-4-6-20(37)23(40)9-17/h3,7,16-27,29-34,36-41,43-45H,2,4-6,8-15H2,1H3/p+1. The van der Waals surface area contributed by atoms with Crippen LogP contribution in [0.5, 0.6) is 0 Å². The first-order chi connectivity index (χ1) is 24.8. The number of carbonyl (C=O) groups is 1. The van der Waals surface area contributed by atoms with Crippen LogP contribution in [0.1, 0.15) is 57.8 Å². The molecule has 0 aromatic carbocycles. The van der Waals surface area contributed by atoms with E-state index in [-0.39, 0.29) is 49.4 Å². The normalized spacial score (nSPS) is 50.2. The van der Waals surface area contributed by atoms with Crippen LogP contribution in [0.2, 0.25) is 0 Å². The summed E-state index contributed by atoms with van der Waals surface area (Å²) >= 11 is 0. The smallest absolute Gasteiger partial charge is 0.330 e. The van der Waals surface area contributed by atoms with Gasteiger partial charge < -0.3 is 79.1 Å². The Balaban J connectivity index is 1.09. The van der Waals surface area contributed by atoms with Crippen molar-refractivity contribution in [3.05, 3.63) is 12.2 Å². The Kier molecular flexibility index (Phi) is 13.3. The maximum atomic E-state index is 12.5. The molecule has 6 aliphatic rings. The van der Waals surface area contributed by atoms with Gasteiger partial charge in [-0.25, -0.2) is 4.79 Å². The average Bonchev–Trinajstić information content (AvgIpc) is 3.40. The second kappa shape index (κ2) is 17.2. The predicted molar refractivity (Wildman–Crippen MR) is 175 cm³/mol. The molecule has 0 amide bonds. The molecule has 298 valence electrons. The van der Waals surface area contributed by atoms with Gasteiger partial charge in [0.15, 0.2) is 30.4 Å². The molecular formula is C35H57O17+. The lowest BCUT2D eigenvalue weighted by Crippen LogP contribution is -2.62. The quantitative estimate of drug-likeness (QED) is 0.0608. The van der Waals surface area contributed by atoms with Crippen molar-refractivity contribution < 1.29 is 83.9 Å². The molecule has 0 bridgehead atoms. The van der Waals surface area contributed by atoms with Gasteiger partial charge in [0.1, 0.15) is 37.1 Å². The highest BCUT2D eigenvalue weighted by atomic mass is 16.8. The molecule has 6 rings (SSSR count). The van der Waals surface area contributed by atoms with Crippen LogP contribution in [-0.4, -0.2) is 181 Å². The highest BCUT2D eigenvalue weighted by Gasteiger charge is 2.56. The van der Waals surface area contributed by atoms with Gasteiger partial charge in [-0.05, 0) is 50.9 Å². The number of esters is 1. The third kappa shape index (κ3) is 9.01. The maximum Gasteiger partial charge on any atom is 0.330 e. The van der Waals surface area contributed by atoms with Crippen LogP contribution in [0.25, 0.3) is 0 Å². The van der Waals surface area contributed by atoms with Gasteiger partial charge in [0.25, 0.3) is 0 Å². The summed E-state index contributed by atoms with van der Waals surface area (Å²) in [5.74, 6) is -1.32. The number of rotatable bonds is 10. The second-order valence-electron chi connectivity index (χ2n) is 15.7. The molecule has 3 aliphatic heterocycles. The highest BCUT2D eigenvalue weighted by Crippen LogP contribution is 2.42. The summed E-state index contributed by atoms with van der Waals surface area (Å²) in [7, 11) is 1.52. The van der Waals surface area contributed by atoms with E-state index in [1.165, 1.54) is 13.2 Å².